The molecule has 1 aliphatic rings. The Bertz CT molecular complexity index is 783. The van der Waals surface area contributed by atoms with Crippen molar-refractivity contribution in [3.63, 3.8) is 0 Å². The molecule has 0 spiro atoms. The average Bonchev–Trinajstić information content (AvgIpc) is 2.63. The van der Waals surface area contributed by atoms with Crippen molar-refractivity contribution < 1.29 is 4.74 Å². The molecule has 7 nitrogen and oxygen atoms in total. The fourth-order valence-corrected chi connectivity index (χ4v) is 2.79. The first kappa shape index (κ1) is 17.1. The Morgan fingerprint density at radius 3 is 2.88 bits per heavy atom. The Balaban J connectivity index is 1.67. The lowest BCUT2D eigenvalue weighted by atomic mass is 10.1. The third-order valence-electron chi connectivity index (χ3n) is 4.40. The van der Waals surface area contributed by atoms with E-state index in [1.807, 2.05) is 32.2 Å². The molecule has 25 heavy (non-hydrogen) atoms. The van der Waals surface area contributed by atoms with Gasteiger partial charge in [0, 0.05) is 25.8 Å². The minimum absolute atomic E-state index is 0.227. The number of nitriles is 1. The second-order valence-electron chi connectivity index (χ2n) is 6.25. The first-order valence-corrected chi connectivity index (χ1v) is 8.38. The lowest BCUT2D eigenvalue weighted by Crippen LogP contribution is -2.41. The highest BCUT2D eigenvalue weighted by molar-refractivity contribution is 5.56. The summed E-state index contributed by atoms with van der Waals surface area (Å²) in [7, 11) is 0. The summed E-state index contributed by atoms with van der Waals surface area (Å²) in [6, 6.07) is 6.26. The molecule has 0 amide bonds. The van der Waals surface area contributed by atoms with E-state index < -0.39 is 0 Å². The largest absolute Gasteiger partial charge is 0.375 e. The second-order valence-corrected chi connectivity index (χ2v) is 6.25. The number of aryl methyl sites for hydroxylation is 1. The highest BCUT2D eigenvalue weighted by atomic mass is 16.5. The number of hydrogen-bond acceptors (Lipinski definition) is 7. The topological polar surface area (TPSA) is 87.0 Å². The predicted molar refractivity (Wildman–Crippen MR) is 95.4 cm³/mol. The third-order valence-corrected chi connectivity index (χ3v) is 4.40. The Kier molecular flexibility index (Phi) is 5.10. The van der Waals surface area contributed by atoms with Gasteiger partial charge in [0.05, 0.1) is 18.4 Å². The number of anilines is 2. The number of pyridine rings is 1. The normalized spacial score (nSPS) is 17.2. The summed E-state index contributed by atoms with van der Waals surface area (Å²) >= 11 is 0. The van der Waals surface area contributed by atoms with Crippen LogP contribution in [0.1, 0.15) is 29.3 Å². The van der Waals surface area contributed by atoms with Crippen LogP contribution in [0.5, 0.6) is 0 Å². The summed E-state index contributed by atoms with van der Waals surface area (Å²) in [4.78, 5) is 6.78. The molecule has 3 heterocycles. The molecule has 0 aliphatic carbocycles. The Labute approximate surface area is 147 Å². The van der Waals surface area contributed by atoms with E-state index in [9.17, 15) is 5.26 Å². The monoisotopic (exact) mass is 338 g/mol. The smallest absolute Gasteiger partial charge is 0.167 e. The zero-order valence-corrected chi connectivity index (χ0v) is 14.8. The van der Waals surface area contributed by atoms with Crippen molar-refractivity contribution in [3.05, 3.63) is 40.7 Å². The van der Waals surface area contributed by atoms with Crippen LogP contribution in [0.25, 0.3) is 0 Å². The van der Waals surface area contributed by atoms with Gasteiger partial charge >= 0.3 is 0 Å². The third kappa shape index (κ3) is 3.86. The second kappa shape index (κ2) is 7.45. The molecule has 1 atom stereocenters. The van der Waals surface area contributed by atoms with Crippen molar-refractivity contribution in [3.8, 4) is 6.07 Å². The van der Waals surface area contributed by atoms with Crippen molar-refractivity contribution in [2.45, 2.75) is 33.4 Å². The number of aromatic nitrogens is 3. The first-order chi connectivity index (χ1) is 12.1. The van der Waals surface area contributed by atoms with Gasteiger partial charge in [0.1, 0.15) is 17.5 Å². The SMILES string of the molecule is Cc1nnc(NCc2ccc(N3CCOC(C)C3)nc2)c(C#N)c1C. The van der Waals surface area contributed by atoms with E-state index in [0.29, 0.717) is 17.9 Å². The molecule has 7 heteroatoms. The average molecular weight is 338 g/mol. The molecule has 3 rings (SSSR count). The number of ether oxygens (including phenoxy) is 1. The van der Waals surface area contributed by atoms with Gasteiger partial charge in [-0.25, -0.2) is 4.98 Å². The minimum atomic E-state index is 0.227. The summed E-state index contributed by atoms with van der Waals surface area (Å²) in [5, 5.41) is 20.7. The zero-order chi connectivity index (χ0) is 17.8. The molecule has 1 saturated heterocycles. The van der Waals surface area contributed by atoms with Crippen LogP contribution in [-0.4, -0.2) is 41.0 Å². The van der Waals surface area contributed by atoms with Gasteiger partial charge in [0.2, 0.25) is 0 Å². The number of hydrogen-bond donors (Lipinski definition) is 1. The summed E-state index contributed by atoms with van der Waals surface area (Å²) in [5.74, 6) is 1.47. The zero-order valence-electron chi connectivity index (χ0n) is 14.8. The highest BCUT2D eigenvalue weighted by Crippen LogP contribution is 2.19. The Morgan fingerprint density at radius 2 is 2.20 bits per heavy atom. The molecular formula is C18H22N6O. The standard InChI is InChI=1S/C18H22N6O/c1-12-11-24(6-7-25-12)17-5-4-15(9-20-17)10-21-18-16(8-19)13(2)14(3)22-23-18/h4-5,9,12H,6-7,10-11H2,1-3H3,(H,21,23). The van der Waals surface area contributed by atoms with Crippen molar-refractivity contribution in [1.29, 1.82) is 5.26 Å². The Hall–Kier alpha value is -2.72. The number of nitrogens with one attached hydrogen (secondary N) is 1. The molecule has 2 aromatic rings. The van der Waals surface area contributed by atoms with E-state index in [0.717, 1.165) is 42.3 Å². The maximum Gasteiger partial charge on any atom is 0.167 e. The number of morpholine rings is 1. The summed E-state index contributed by atoms with van der Waals surface area (Å²) in [6.07, 6.45) is 2.08. The van der Waals surface area contributed by atoms with Crippen LogP contribution < -0.4 is 10.2 Å². The van der Waals surface area contributed by atoms with Crippen LogP contribution in [0.15, 0.2) is 18.3 Å². The van der Waals surface area contributed by atoms with Crippen LogP contribution in [0.4, 0.5) is 11.6 Å². The highest BCUT2D eigenvalue weighted by Gasteiger charge is 2.17. The minimum Gasteiger partial charge on any atom is -0.375 e. The molecule has 0 bridgehead atoms. The maximum atomic E-state index is 9.34. The van der Waals surface area contributed by atoms with E-state index in [-0.39, 0.29) is 6.10 Å². The fraction of sp³-hybridized carbons (Fsp3) is 0.444. The molecule has 1 N–H and O–H groups in total. The molecule has 0 radical (unpaired) electrons. The van der Waals surface area contributed by atoms with Crippen LogP contribution in [0, 0.1) is 25.2 Å². The van der Waals surface area contributed by atoms with Crippen LogP contribution >= 0.6 is 0 Å². The lowest BCUT2D eigenvalue weighted by Gasteiger charge is -2.32. The van der Waals surface area contributed by atoms with Gasteiger partial charge in [0.15, 0.2) is 5.82 Å². The molecule has 1 unspecified atom stereocenters. The Morgan fingerprint density at radius 1 is 1.36 bits per heavy atom. The summed E-state index contributed by atoms with van der Waals surface area (Å²) in [6.45, 7) is 8.79. The van der Waals surface area contributed by atoms with E-state index >= 15 is 0 Å². The molecule has 1 fully saturated rings. The quantitative estimate of drug-likeness (QED) is 0.914. The van der Waals surface area contributed by atoms with Gasteiger partial charge in [-0.3, -0.25) is 0 Å². The fourth-order valence-electron chi connectivity index (χ4n) is 2.79. The van der Waals surface area contributed by atoms with Crippen LogP contribution in [0.3, 0.4) is 0 Å². The van der Waals surface area contributed by atoms with Crippen molar-refractivity contribution in [2.75, 3.05) is 29.9 Å². The van der Waals surface area contributed by atoms with E-state index in [4.69, 9.17) is 4.74 Å². The van der Waals surface area contributed by atoms with E-state index in [1.54, 1.807) is 0 Å². The van der Waals surface area contributed by atoms with Crippen molar-refractivity contribution >= 4 is 11.6 Å². The van der Waals surface area contributed by atoms with Crippen molar-refractivity contribution in [2.24, 2.45) is 0 Å². The lowest BCUT2D eigenvalue weighted by molar-refractivity contribution is 0.0529. The number of rotatable bonds is 4. The molecular weight excluding hydrogens is 316 g/mol. The molecule has 1 aliphatic heterocycles. The molecule has 0 saturated carbocycles. The van der Waals surface area contributed by atoms with Gasteiger partial charge in [-0.1, -0.05) is 6.07 Å². The van der Waals surface area contributed by atoms with Gasteiger partial charge < -0.3 is 15.0 Å². The van der Waals surface area contributed by atoms with Crippen molar-refractivity contribution in [1.82, 2.24) is 15.2 Å². The summed E-state index contributed by atoms with van der Waals surface area (Å²) < 4.78 is 5.56. The molecule has 130 valence electrons. The van der Waals surface area contributed by atoms with E-state index in [2.05, 4.69) is 38.4 Å². The van der Waals surface area contributed by atoms with Gasteiger partial charge in [-0.15, -0.1) is 5.10 Å². The predicted octanol–water partition coefficient (Wildman–Crippen LogP) is 2.20. The summed E-state index contributed by atoms with van der Waals surface area (Å²) in [5.41, 5.74) is 3.19. The van der Waals surface area contributed by atoms with Crippen LogP contribution in [-0.2, 0) is 11.3 Å². The van der Waals surface area contributed by atoms with E-state index in [1.165, 1.54) is 0 Å². The first-order valence-electron chi connectivity index (χ1n) is 8.38. The van der Waals surface area contributed by atoms with Gasteiger partial charge in [0.25, 0.3) is 0 Å². The van der Waals surface area contributed by atoms with Gasteiger partial charge in [-0.2, -0.15) is 10.4 Å². The molecule has 0 aromatic carbocycles. The molecule has 2 aromatic heterocycles. The number of nitrogens with zero attached hydrogens (tertiary/aromatic N) is 5. The van der Waals surface area contributed by atoms with Crippen LogP contribution in [0.2, 0.25) is 0 Å². The van der Waals surface area contributed by atoms with Gasteiger partial charge in [-0.05, 0) is 38.0 Å². The maximum absolute atomic E-state index is 9.34.